The summed E-state index contributed by atoms with van der Waals surface area (Å²) < 4.78 is 6.27. The lowest BCUT2D eigenvalue weighted by molar-refractivity contribution is -0.382. The molecule has 8 heteroatoms. The molecule has 1 heterocycles. The third-order valence-corrected chi connectivity index (χ3v) is 3.70. The molecule has 0 aliphatic rings. The number of anilines is 1. The number of fused-ring (bicyclic) bond motifs is 1. The zero-order valence-corrected chi connectivity index (χ0v) is 12.9. The maximum absolute atomic E-state index is 11.2. The summed E-state index contributed by atoms with van der Waals surface area (Å²) in [6.07, 6.45) is 0. The summed E-state index contributed by atoms with van der Waals surface area (Å²) in [5, 5.41) is 14.3. The van der Waals surface area contributed by atoms with Gasteiger partial charge in [0.15, 0.2) is 5.52 Å². The molecule has 0 saturated heterocycles. The Balaban J connectivity index is 1.95. The van der Waals surface area contributed by atoms with E-state index in [2.05, 4.69) is 10.3 Å². The van der Waals surface area contributed by atoms with Crippen LogP contribution in [0.3, 0.4) is 0 Å². The van der Waals surface area contributed by atoms with Crippen molar-refractivity contribution in [1.82, 2.24) is 9.88 Å². The Morgan fingerprint density at radius 3 is 2.95 bits per heavy atom. The number of nitro groups is 1. The van der Waals surface area contributed by atoms with E-state index in [1.54, 1.807) is 11.6 Å². The third kappa shape index (κ3) is 4.10. The predicted octanol–water partition coefficient (Wildman–Crippen LogP) is 2.19. The molecule has 0 unspecified atom stereocenters. The minimum atomic E-state index is -0.392. The zero-order valence-electron chi connectivity index (χ0n) is 12.0. The van der Waals surface area contributed by atoms with Gasteiger partial charge in [-0.15, -0.1) is 11.3 Å². The van der Waals surface area contributed by atoms with E-state index in [9.17, 15) is 10.1 Å². The zero-order chi connectivity index (χ0) is 15.2. The number of nitrogens with one attached hydrogen (secondary N) is 1. The predicted molar refractivity (Wildman–Crippen MR) is 84.1 cm³/mol. The van der Waals surface area contributed by atoms with Gasteiger partial charge in [0.05, 0.1) is 28.3 Å². The van der Waals surface area contributed by atoms with Crippen molar-refractivity contribution in [3.8, 4) is 0 Å². The van der Waals surface area contributed by atoms with E-state index in [4.69, 9.17) is 4.74 Å². The summed E-state index contributed by atoms with van der Waals surface area (Å²) in [4.78, 5) is 17.0. The van der Waals surface area contributed by atoms with Crippen LogP contribution in [0, 0.1) is 10.1 Å². The lowest BCUT2D eigenvalue weighted by atomic mass is 10.2. The van der Waals surface area contributed by atoms with E-state index in [0.717, 1.165) is 11.2 Å². The highest BCUT2D eigenvalue weighted by atomic mass is 32.1. The Labute approximate surface area is 126 Å². The number of hydrogen-bond acceptors (Lipinski definition) is 7. The number of benzene rings is 1. The molecule has 0 saturated carbocycles. The third-order valence-electron chi connectivity index (χ3n) is 2.90. The molecule has 0 fully saturated rings. The summed E-state index contributed by atoms with van der Waals surface area (Å²) in [6.45, 7) is 2.51. The number of thiazole rings is 1. The fraction of sp³-hybridized carbons (Fsp3) is 0.462. The summed E-state index contributed by atoms with van der Waals surface area (Å²) in [7, 11) is 3.96. The molecule has 0 bridgehead atoms. The molecule has 2 rings (SSSR count). The topological polar surface area (TPSA) is 80.5 Å². The van der Waals surface area contributed by atoms with Crippen molar-refractivity contribution in [3.63, 3.8) is 0 Å². The molecule has 1 N–H and O–H groups in total. The summed E-state index contributed by atoms with van der Waals surface area (Å²) in [5.74, 6) is 0. The molecule has 0 radical (unpaired) electrons. The first-order valence-electron chi connectivity index (χ1n) is 6.56. The molecule has 0 spiro atoms. The number of rotatable bonds is 8. The van der Waals surface area contributed by atoms with Crippen LogP contribution in [0.4, 0.5) is 11.4 Å². The molecule has 0 atom stereocenters. The molecule has 1 aromatic carbocycles. The molecule has 7 nitrogen and oxygen atoms in total. The van der Waals surface area contributed by atoms with Crippen LogP contribution >= 0.6 is 11.3 Å². The molecule has 1 aromatic heterocycles. The Morgan fingerprint density at radius 2 is 2.24 bits per heavy atom. The van der Waals surface area contributed by atoms with Gasteiger partial charge < -0.3 is 15.0 Å². The minimum Gasteiger partial charge on any atom is -0.378 e. The second kappa shape index (κ2) is 7.30. The number of hydrogen-bond donors (Lipinski definition) is 1. The molecule has 114 valence electrons. The van der Waals surface area contributed by atoms with Crippen molar-refractivity contribution in [1.29, 1.82) is 0 Å². The number of nitro benzene ring substituents is 1. The van der Waals surface area contributed by atoms with Gasteiger partial charge in [-0.3, -0.25) is 10.1 Å². The number of likely N-dealkylation sites (N-methyl/N-ethyl adjacent to an activating group) is 1. The van der Waals surface area contributed by atoms with Crippen molar-refractivity contribution in [2.24, 2.45) is 0 Å². The van der Waals surface area contributed by atoms with Gasteiger partial charge in [-0.1, -0.05) is 0 Å². The highest BCUT2D eigenvalue weighted by Crippen LogP contribution is 2.34. The van der Waals surface area contributed by atoms with Crippen molar-refractivity contribution < 1.29 is 9.66 Å². The summed E-state index contributed by atoms with van der Waals surface area (Å²) in [5.41, 5.74) is 2.56. The second-order valence-electron chi connectivity index (χ2n) is 4.76. The largest absolute Gasteiger partial charge is 0.378 e. The van der Waals surface area contributed by atoms with Gasteiger partial charge in [-0.05, 0) is 26.2 Å². The first-order valence-corrected chi connectivity index (χ1v) is 7.44. The van der Waals surface area contributed by atoms with Crippen molar-refractivity contribution in [3.05, 3.63) is 27.8 Å². The Kier molecular flexibility index (Phi) is 5.43. The van der Waals surface area contributed by atoms with Crippen LogP contribution in [0.1, 0.15) is 0 Å². The first-order chi connectivity index (χ1) is 10.1. The van der Waals surface area contributed by atoms with Gasteiger partial charge in [0, 0.05) is 13.1 Å². The average molecular weight is 310 g/mol. The Morgan fingerprint density at radius 1 is 1.43 bits per heavy atom. The monoisotopic (exact) mass is 310 g/mol. The van der Waals surface area contributed by atoms with Crippen molar-refractivity contribution in [2.45, 2.75) is 0 Å². The number of aromatic nitrogens is 1. The van der Waals surface area contributed by atoms with E-state index in [1.807, 2.05) is 25.1 Å². The normalized spacial score (nSPS) is 11.2. The quantitative estimate of drug-likeness (QED) is 0.457. The molecule has 0 amide bonds. The minimum absolute atomic E-state index is 0.0297. The smallest absolute Gasteiger partial charge is 0.319 e. The van der Waals surface area contributed by atoms with Crippen LogP contribution in [0.25, 0.3) is 10.2 Å². The fourth-order valence-electron chi connectivity index (χ4n) is 1.85. The molecule has 0 aliphatic heterocycles. The van der Waals surface area contributed by atoms with Crippen LogP contribution in [-0.2, 0) is 4.74 Å². The highest BCUT2D eigenvalue weighted by Gasteiger charge is 2.20. The Bertz CT molecular complexity index is 614. The van der Waals surface area contributed by atoms with Crippen LogP contribution < -0.4 is 5.32 Å². The van der Waals surface area contributed by atoms with E-state index in [-0.39, 0.29) is 5.69 Å². The van der Waals surface area contributed by atoms with E-state index < -0.39 is 4.92 Å². The first kappa shape index (κ1) is 15.6. The molecular formula is C13H18N4O3S. The van der Waals surface area contributed by atoms with E-state index in [0.29, 0.717) is 31.0 Å². The maximum atomic E-state index is 11.2. The number of nitrogens with zero attached hydrogens (tertiary/aromatic N) is 3. The van der Waals surface area contributed by atoms with E-state index in [1.165, 1.54) is 11.3 Å². The number of ether oxygens (including phenoxy) is 1. The Hall–Kier alpha value is -1.77. The second-order valence-corrected chi connectivity index (χ2v) is 5.65. The maximum Gasteiger partial charge on any atom is 0.319 e. The summed E-state index contributed by atoms with van der Waals surface area (Å²) in [6, 6.07) is 3.56. The lowest BCUT2D eigenvalue weighted by Crippen LogP contribution is -2.20. The molecule has 0 aliphatic carbocycles. The van der Waals surface area contributed by atoms with Crippen LogP contribution in [0.15, 0.2) is 17.6 Å². The molecule has 21 heavy (non-hydrogen) atoms. The van der Waals surface area contributed by atoms with E-state index >= 15 is 0 Å². The van der Waals surface area contributed by atoms with Gasteiger partial charge in [0.1, 0.15) is 5.69 Å². The van der Waals surface area contributed by atoms with Crippen LogP contribution in [0.2, 0.25) is 0 Å². The standard InChI is InChI=1S/C13H18N4O3S/c1-16(2)6-8-20-7-5-14-10-3-4-11-12(15-9-21-11)13(10)17(18)19/h3-4,9,14H,5-8H2,1-2H3. The molecule has 2 aromatic rings. The SMILES string of the molecule is CN(C)CCOCCNc1ccc2scnc2c1[N+](=O)[O-]. The van der Waals surface area contributed by atoms with Gasteiger partial charge in [-0.25, -0.2) is 4.98 Å². The fourth-order valence-corrected chi connectivity index (χ4v) is 2.53. The average Bonchev–Trinajstić information content (AvgIpc) is 2.89. The molecular weight excluding hydrogens is 292 g/mol. The van der Waals surface area contributed by atoms with Gasteiger partial charge in [-0.2, -0.15) is 0 Å². The van der Waals surface area contributed by atoms with Crippen LogP contribution in [-0.4, -0.2) is 55.2 Å². The lowest BCUT2D eigenvalue weighted by Gasteiger charge is -2.11. The highest BCUT2D eigenvalue weighted by molar-refractivity contribution is 7.16. The van der Waals surface area contributed by atoms with Gasteiger partial charge in [0.25, 0.3) is 0 Å². The summed E-state index contributed by atoms with van der Waals surface area (Å²) >= 11 is 1.39. The van der Waals surface area contributed by atoms with Gasteiger partial charge in [0.2, 0.25) is 0 Å². The van der Waals surface area contributed by atoms with Crippen LogP contribution in [0.5, 0.6) is 0 Å². The van der Waals surface area contributed by atoms with Crippen molar-refractivity contribution in [2.75, 3.05) is 45.7 Å². The van der Waals surface area contributed by atoms with Crippen molar-refractivity contribution >= 4 is 32.9 Å². The van der Waals surface area contributed by atoms with Gasteiger partial charge >= 0.3 is 5.69 Å².